The Hall–Kier alpha value is 0.0200. The third-order valence-electron chi connectivity index (χ3n) is 0.309. The lowest BCUT2D eigenvalue weighted by Crippen LogP contribution is -1.57. The maximum Gasteiger partial charge on any atom is 0.0124 e. The quantitative estimate of drug-likeness (QED) is 0.383. The molecule has 0 aromatic rings. The normalized spacial score (nSPS) is 10.3. The van der Waals surface area contributed by atoms with E-state index in [9.17, 15) is 0 Å². The number of hydrogen-bond donors (Lipinski definition) is 0. The summed E-state index contributed by atoms with van der Waals surface area (Å²) < 4.78 is 3.88. The number of rotatable bonds is 2. The van der Waals surface area contributed by atoms with Crippen molar-refractivity contribution in [1.82, 2.24) is 0 Å². The molecule has 0 aromatic heterocycles. The third kappa shape index (κ3) is 4.02. The SMILES string of the molecule is C/C=N\SCC. The molecule has 0 fully saturated rings. The molecule has 36 valence electrons. The van der Waals surface area contributed by atoms with E-state index >= 15 is 0 Å². The molecule has 0 aliphatic carbocycles. The minimum atomic E-state index is 1.07. The van der Waals surface area contributed by atoms with Gasteiger partial charge in [-0.05, 0) is 18.9 Å². The summed E-state index contributed by atoms with van der Waals surface area (Å²) in [5.41, 5.74) is 0. The van der Waals surface area contributed by atoms with E-state index in [1.165, 1.54) is 0 Å². The van der Waals surface area contributed by atoms with Crippen LogP contribution in [0.4, 0.5) is 0 Å². The predicted molar refractivity (Wildman–Crippen MR) is 32.3 cm³/mol. The average molecular weight is 103 g/mol. The molecular weight excluding hydrogens is 94.1 g/mol. The lowest BCUT2D eigenvalue weighted by molar-refractivity contribution is 1.52. The topological polar surface area (TPSA) is 12.4 Å². The van der Waals surface area contributed by atoms with Crippen LogP contribution < -0.4 is 0 Å². The van der Waals surface area contributed by atoms with Gasteiger partial charge in [-0.25, -0.2) is 4.40 Å². The monoisotopic (exact) mass is 103 g/mol. The molecule has 0 saturated heterocycles. The summed E-state index contributed by atoms with van der Waals surface area (Å²) in [7, 11) is 0. The van der Waals surface area contributed by atoms with Gasteiger partial charge in [-0.3, -0.25) is 0 Å². The molecule has 0 rings (SSSR count). The van der Waals surface area contributed by atoms with E-state index in [1.807, 2.05) is 6.92 Å². The molecule has 6 heavy (non-hydrogen) atoms. The standard InChI is InChI=1S/C4H9NS/c1-3-5-6-4-2/h3H,4H2,1-2H3/b5-3-. The maximum absolute atomic E-state index is 3.88. The van der Waals surface area contributed by atoms with Crippen molar-refractivity contribution in [3.8, 4) is 0 Å². The fraction of sp³-hybridized carbons (Fsp3) is 0.750. The van der Waals surface area contributed by atoms with E-state index in [4.69, 9.17) is 0 Å². The van der Waals surface area contributed by atoms with Crippen LogP contribution in [0.15, 0.2) is 4.40 Å². The fourth-order valence-electron chi connectivity index (χ4n) is 0.149. The molecule has 0 atom stereocenters. The minimum absolute atomic E-state index is 1.07. The van der Waals surface area contributed by atoms with E-state index in [0.717, 1.165) is 5.75 Å². The predicted octanol–water partition coefficient (Wildman–Crippen LogP) is 1.75. The molecular formula is C4H9NS. The van der Waals surface area contributed by atoms with E-state index in [0.29, 0.717) is 0 Å². The smallest absolute Gasteiger partial charge is 0.0124 e. The van der Waals surface area contributed by atoms with Crippen LogP contribution in [0, 0.1) is 0 Å². The molecule has 0 N–H and O–H groups in total. The summed E-state index contributed by atoms with van der Waals surface area (Å²) in [6.07, 6.45) is 1.80. The summed E-state index contributed by atoms with van der Waals surface area (Å²) in [5.74, 6) is 1.07. The fourth-order valence-corrected chi connectivity index (χ4v) is 0.447. The molecule has 0 amide bonds. The van der Waals surface area contributed by atoms with Gasteiger partial charge in [0, 0.05) is 12.0 Å². The van der Waals surface area contributed by atoms with Crippen molar-refractivity contribution in [1.29, 1.82) is 0 Å². The zero-order valence-electron chi connectivity index (χ0n) is 4.14. The molecule has 0 radical (unpaired) electrons. The molecule has 0 aromatic carbocycles. The maximum atomic E-state index is 3.88. The van der Waals surface area contributed by atoms with Crippen LogP contribution in [-0.4, -0.2) is 12.0 Å². The van der Waals surface area contributed by atoms with Gasteiger partial charge in [0.15, 0.2) is 0 Å². The van der Waals surface area contributed by atoms with Crippen molar-refractivity contribution >= 4 is 18.2 Å². The summed E-state index contributed by atoms with van der Waals surface area (Å²) >= 11 is 1.58. The lowest BCUT2D eigenvalue weighted by atomic mass is 10.9. The van der Waals surface area contributed by atoms with Crippen LogP contribution in [0.25, 0.3) is 0 Å². The van der Waals surface area contributed by atoms with Crippen LogP contribution >= 0.6 is 11.9 Å². The van der Waals surface area contributed by atoms with E-state index in [2.05, 4.69) is 11.3 Å². The average Bonchev–Trinajstić information content (AvgIpc) is 1.61. The Morgan fingerprint density at radius 3 is 2.67 bits per heavy atom. The second-order valence-corrected chi connectivity index (χ2v) is 1.83. The zero-order valence-corrected chi connectivity index (χ0v) is 4.96. The Balaban J connectivity index is 2.66. The van der Waals surface area contributed by atoms with Crippen LogP contribution in [0.2, 0.25) is 0 Å². The third-order valence-corrected chi connectivity index (χ3v) is 0.927. The van der Waals surface area contributed by atoms with Crippen molar-refractivity contribution < 1.29 is 0 Å². The highest BCUT2D eigenvalue weighted by Gasteiger charge is 1.65. The van der Waals surface area contributed by atoms with Gasteiger partial charge in [0.25, 0.3) is 0 Å². The van der Waals surface area contributed by atoms with E-state index in [1.54, 1.807) is 18.2 Å². The minimum Gasteiger partial charge on any atom is -0.229 e. The van der Waals surface area contributed by atoms with Crippen molar-refractivity contribution in [3.63, 3.8) is 0 Å². The van der Waals surface area contributed by atoms with E-state index < -0.39 is 0 Å². The largest absolute Gasteiger partial charge is 0.229 e. The van der Waals surface area contributed by atoms with Gasteiger partial charge in [0.1, 0.15) is 0 Å². The molecule has 0 heterocycles. The summed E-state index contributed by atoms with van der Waals surface area (Å²) in [5, 5.41) is 0. The van der Waals surface area contributed by atoms with E-state index in [-0.39, 0.29) is 0 Å². The summed E-state index contributed by atoms with van der Waals surface area (Å²) in [6, 6.07) is 0. The Bertz CT molecular complexity index is 42.8. The Morgan fingerprint density at radius 2 is 2.50 bits per heavy atom. The Labute approximate surface area is 43.0 Å². The second-order valence-electron chi connectivity index (χ2n) is 0.781. The first kappa shape index (κ1) is 6.02. The van der Waals surface area contributed by atoms with Gasteiger partial charge in [0.2, 0.25) is 0 Å². The van der Waals surface area contributed by atoms with Crippen LogP contribution in [0.1, 0.15) is 13.8 Å². The molecule has 0 spiro atoms. The molecule has 0 aliphatic heterocycles. The summed E-state index contributed by atoms with van der Waals surface area (Å²) in [4.78, 5) is 0. The van der Waals surface area contributed by atoms with Gasteiger partial charge >= 0.3 is 0 Å². The van der Waals surface area contributed by atoms with Crippen LogP contribution in [-0.2, 0) is 0 Å². The van der Waals surface area contributed by atoms with Crippen LogP contribution in [0.3, 0.4) is 0 Å². The second kappa shape index (κ2) is 5.02. The molecule has 2 heteroatoms. The Morgan fingerprint density at radius 1 is 1.83 bits per heavy atom. The highest BCUT2D eigenvalue weighted by Crippen LogP contribution is 1.95. The molecule has 0 saturated carbocycles. The number of nitrogens with zero attached hydrogens (tertiary/aromatic N) is 1. The highest BCUT2D eigenvalue weighted by molar-refractivity contribution is 7.98. The molecule has 0 bridgehead atoms. The van der Waals surface area contributed by atoms with Gasteiger partial charge in [-0.2, -0.15) is 0 Å². The van der Waals surface area contributed by atoms with Gasteiger partial charge in [0.05, 0.1) is 0 Å². The lowest BCUT2D eigenvalue weighted by Gasteiger charge is -1.76. The molecule has 0 aliphatic rings. The Kier molecular flexibility index (Phi) is 5.04. The first-order chi connectivity index (χ1) is 2.91. The first-order valence-corrected chi connectivity index (χ1v) is 2.96. The van der Waals surface area contributed by atoms with Gasteiger partial charge < -0.3 is 0 Å². The van der Waals surface area contributed by atoms with Crippen LogP contribution in [0.5, 0.6) is 0 Å². The summed E-state index contributed by atoms with van der Waals surface area (Å²) in [6.45, 7) is 4.00. The van der Waals surface area contributed by atoms with Crippen molar-refractivity contribution in [2.24, 2.45) is 4.40 Å². The van der Waals surface area contributed by atoms with Crippen molar-refractivity contribution in [2.45, 2.75) is 13.8 Å². The van der Waals surface area contributed by atoms with Crippen molar-refractivity contribution in [2.75, 3.05) is 5.75 Å². The molecule has 0 unspecified atom stereocenters. The zero-order chi connectivity index (χ0) is 4.83. The van der Waals surface area contributed by atoms with Gasteiger partial charge in [-0.15, -0.1) is 0 Å². The van der Waals surface area contributed by atoms with Gasteiger partial charge in [-0.1, -0.05) is 6.92 Å². The highest BCUT2D eigenvalue weighted by atomic mass is 32.2. The van der Waals surface area contributed by atoms with Crippen molar-refractivity contribution in [3.05, 3.63) is 0 Å². The number of hydrogen-bond acceptors (Lipinski definition) is 2. The molecule has 1 nitrogen and oxygen atoms in total. The first-order valence-electron chi connectivity index (χ1n) is 2.01.